The van der Waals surface area contributed by atoms with E-state index in [-0.39, 0.29) is 11.7 Å². The van der Waals surface area contributed by atoms with E-state index in [0.717, 1.165) is 31.6 Å². The maximum atomic E-state index is 12.6. The second-order valence-electron chi connectivity index (χ2n) is 8.12. The van der Waals surface area contributed by atoms with E-state index in [2.05, 4.69) is 41.4 Å². The van der Waals surface area contributed by atoms with Gasteiger partial charge in [0.25, 0.3) is 5.91 Å². The standard InChI is InChI=1S/C27H32N2O3S/c1-3-18-29(20-23-8-6-5-7-9-23)21-24-10-14-25(15-11-24)27(30)28-19-22-12-16-26(17-13-22)33(31,32)4-2/h5-17H,3-4,18-21H2,1-2H3,(H,28,30). The normalized spacial score (nSPS) is 11.5. The molecule has 5 nitrogen and oxygen atoms in total. The Morgan fingerprint density at radius 2 is 1.36 bits per heavy atom. The van der Waals surface area contributed by atoms with Gasteiger partial charge in [-0.15, -0.1) is 0 Å². The summed E-state index contributed by atoms with van der Waals surface area (Å²) in [7, 11) is -3.21. The van der Waals surface area contributed by atoms with E-state index in [4.69, 9.17) is 0 Å². The van der Waals surface area contributed by atoms with E-state index in [9.17, 15) is 13.2 Å². The van der Waals surface area contributed by atoms with Gasteiger partial charge in [-0.1, -0.05) is 68.4 Å². The summed E-state index contributed by atoms with van der Waals surface area (Å²) in [4.78, 5) is 15.3. The van der Waals surface area contributed by atoms with Gasteiger partial charge < -0.3 is 5.32 Å². The van der Waals surface area contributed by atoms with Crippen LogP contribution in [0.3, 0.4) is 0 Å². The number of nitrogens with zero attached hydrogens (tertiary/aromatic N) is 1. The van der Waals surface area contributed by atoms with Crippen LogP contribution in [0.5, 0.6) is 0 Å². The predicted molar refractivity (Wildman–Crippen MR) is 133 cm³/mol. The first-order valence-corrected chi connectivity index (χ1v) is 13.0. The van der Waals surface area contributed by atoms with Gasteiger partial charge >= 0.3 is 0 Å². The third kappa shape index (κ3) is 7.27. The molecule has 6 heteroatoms. The minimum Gasteiger partial charge on any atom is -0.348 e. The fourth-order valence-corrected chi connectivity index (χ4v) is 4.54. The average Bonchev–Trinajstić information content (AvgIpc) is 2.84. The lowest BCUT2D eigenvalue weighted by Crippen LogP contribution is -2.24. The largest absolute Gasteiger partial charge is 0.348 e. The van der Waals surface area contributed by atoms with E-state index in [0.29, 0.717) is 17.0 Å². The Morgan fingerprint density at radius 1 is 0.788 bits per heavy atom. The summed E-state index contributed by atoms with van der Waals surface area (Å²) in [6, 6.07) is 24.8. The van der Waals surface area contributed by atoms with Crippen molar-refractivity contribution >= 4 is 15.7 Å². The van der Waals surface area contributed by atoms with Crippen LogP contribution >= 0.6 is 0 Å². The molecule has 0 saturated carbocycles. The molecule has 0 fully saturated rings. The molecular weight excluding hydrogens is 432 g/mol. The molecule has 0 spiro atoms. The molecule has 3 rings (SSSR count). The van der Waals surface area contributed by atoms with Crippen LogP contribution in [0.1, 0.15) is 47.3 Å². The first-order chi connectivity index (χ1) is 15.9. The van der Waals surface area contributed by atoms with Gasteiger partial charge in [0.1, 0.15) is 0 Å². The maximum Gasteiger partial charge on any atom is 0.251 e. The minimum atomic E-state index is -3.21. The molecule has 0 aliphatic carbocycles. The Labute approximate surface area is 197 Å². The molecular formula is C27H32N2O3S. The summed E-state index contributed by atoms with van der Waals surface area (Å²) in [6.07, 6.45) is 1.08. The maximum absolute atomic E-state index is 12.6. The van der Waals surface area contributed by atoms with Crippen molar-refractivity contribution in [3.05, 3.63) is 101 Å². The number of benzene rings is 3. The highest BCUT2D eigenvalue weighted by atomic mass is 32.2. The molecule has 1 amide bonds. The van der Waals surface area contributed by atoms with Gasteiger partial charge in [-0.25, -0.2) is 8.42 Å². The van der Waals surface area contributed by atoms with Crippen molar-refractivity contribution in [3.8, 4) is 0 Å². The minimum absolute atomic E-state index is 0.0710. The monoisotopic (exact) mass is 464 g/mol. The van der Waals surface area contributed by atoms with Gasteiger partial charge in [0.2, 0.25) is 0 Å². The van der Waals surface area contributed by atoms with Crippen LogP contribution in [-0.4, -0.2) is 31.5 Å². The van der Waals surface area contributed by atoms with Gasteiger partial charge in [0.05, 0.1) is 10.6 Å². The van der Waals surface area contributed by atoms with Crippen LogP contribution in [0.25, 0.3) is 0 Å². The Bertz CT molecular complexity index is 1130. The molecule has 0 aliphatic heterocycles. The van der Waals surface area contributed by atoms with Crippen LogP contribution in [0, 0.1) is 0 Å². The fraction of sp³-hybridized carbons (Fsp3) is 0.296. The van der Waals surface area contributed by atoms with Gasteiger partial charge in [0, 0.05) is 25.2 Å². The zero-order valence-corrected chi connectivity index (χ0v) is 20.1. The fourth-order valence-electron chi connectivity index (χ4n) is 3.66. The smallest absolute Gasteiger partial charge is 0.251 e. The van der Waals surface area contributed by atoms with E-state index in [1.807, 2.05) is 30.3 Å². The number of sulfone groups is 1. The Morgan fingerprint density at radius 3 is 1.94 bits per heavy atom. The Hall–Kier alpha value is -2.96. The molecule has 0 aromatic heterocycles. The molecule has 0 bridgehead atoms. The molecule has 1 N–H and O–H groups in total. The van der Waals surface area contributed by atoms with Crippen molar-refractivity contribution in [1.29, 1.82) is 0 Å². The van der Waals surface area contributed by atoms with E-state index in [1.165, 1.54) is 11.1 Å². The van der Waals surface area contributed by atoms with Crippen molar-refractivity contribution in [1.82, 2.24) is 10.2 Å². The highest BCUT2D eigenvalue weighted by Gasteiger charge is 2.12. The topological polar surface area (TPSA) is 66.5 Å². The lowest BCUT2D eigenvalue weighted by Gasteiger charge is -2.22. The molecule has 0 radical (unpaired) electrons. The first-order valence-electron chi connectivity index (χ1n) is 11.4. The third-order valence-corrected chi connectivity index (χ3v) is 7.28. The SMILES string of the molecule is CCCN(Cc1ccccc1)Cc1ccc(C(=O)NCc2ccc(S(=O)(=O)CC)cc2)cc1. The summed E-state index contributed by atoms with van der Waals surface area (Å²) in [6.45, 7) is 6.89. The summed E-state index contributed by atoms with van der Waals surface area (Å²) in [5.41, 5.74) is 3.92. The Balaban J connectivity index is 1.56. The molecule has 3 aromatic carbocycles. The van der Waals surface area contributed by atoms with Crippen LogP contribution in [-0.2, 0) is 29.5 Å². The van der Waals surface area contributed by atoms with E-state index < -0.39 is 9.84 Å². The van der Waals surface area contributed by atoms with E-state index >= 15 is 0 Å². The molecule has 0 saturated heterocycles. The van der Waals surface area contributed by atoms with Crippen LogP contribution in [0.2, 0.25) is 0 Å². The van der Waals surface area contributed by atoms with Crippen molar-refractivity contribution in [3.63, 3.8) is 0 Å². The summed E-state index contributed by atoms with van der Waals surface area (Å²) < 4.78 is 23.8. The number of carbonyl (C=O) groups is 1. The average molecular weight is 465 g/mol. The molecule has 0 unspecified atom stereocenters. The second-order valence-corrected chi connectivity index (χ2v) is 10.4. The zero-order valence-electron chi connectivity index (χ0n) is 19.3. The number of nitrogens with one attached hydrogen (secondary N) is 1. The predicted octanol–water partition coefficient (Wildman–Crippen LogP) is 4.82. The lowest BCUT2D eigenvalue weighted by atomic mass is 10.1. The number of carbonyl (C=O) groups excluding carboxylic acids is 1. The number of amides is 1. The summed E-state index contributed by atoms with van der Waals surface area (Å²) >= 11 is 0. The molecule has 174 valence electrons. The van der Waals surface area contributed by atoms with Crippen LogP contribution < -0.4 is 5.32 Å². The number of rotatable bonds is 11. The van der Waals surface area contributed by atoms with Crippen LogP contribution in [0.4, 0.5) is 0 Å². The van der Waals surface area contributed by atoms with Gasteiger partial charge in [-0.3, -0.25) is 9.69 Å². The molecule has 0 heterocycles. The van der Waals surface area contributed by atoms with Gasteiger partial charge in [0.15, 0.2) is 9.84 Å². The third-order valence-electron chi connectivity index (χ3n) is 5.53. The molecule has 3 aromatic rings. The van der Waals surface area contributed by atoms with Gasteiger partial charge in [-0.05, 0) is 53.9 Å². The Kier molecular flexibility index (Phi) is 8.80. The highest BCUT2D eigenvalue weighted by molar-refractivity contribution is 7.91. The second kappa shape index (κ2) is 11.8. The quantitative estimate of drug-likeness (QED) is 0.442. The molecule has 0 atom stereocenters. The number of hydrogen-bond acceptors (Lipinski definition) is 4. The summed E-state index contributed by atoms with van der Waals surface area (Å²) in [5.74, 6) is -0.0804. The van der Waals surface area contributed by atoms with Crippen molar-refractivity contribution in [2.75, 3.05) is 12.3 Å². The first kappa shape index (κ1) is 24.7. The number of hydrogen-bond donors (Lipinski definition) is 1. The lowest BCUT2D eigenvalue weighted by molar-refractivity contribution is 0.0951. The van der Waals surface area contributed by atoms with Crippen molar-refractivity contribution in [2.45, 2.75) is 44.8 Å². The summed E-state index contributed by atoms with van der Waals surface area (Å²) in [5, 5.41) is 2.90. The van der Waals surface area contributed by atoms with Crippen molar-refractivity contribution in [2.24, 2.45) is 0 Å². The highest BCUT2D eigenvalue weighted by Crippen LogP contribution is 2.14. The zero-order chi connectivity index (χ0) is 23.7. The molecule has 33 heavy (non-hydrogen) atoms. The van der Waals surface area contributed by atoms with Gasteiger partial charge in [-0.2, -0.15) is 0 Å². The van der Waals surface area contributed by atoms with E-state index in [1.54, 1.807) is 31.2 Å². The van der Waals surface area contributed by atoms with Crippen molar-refractivity contribution < 1.29 is 13.2 Å². The van der Waals surface area contributed by atoms with Crippen LogP contribution in [0.15, 0.2) is 83.8 Å². The molecule has 0 aliphatic rings.